The number of anilines is 1. The maximum absolute atomic E-state index is 12.4. The standard InChI is InChI=1S/C14H17ClN2O2/c1-3-11-14(19)17(12(4-2)13(18)16-11)10-7-5-9(15)6-8-10/h5-8,11-12H,3-4H2,1-2H3,(H,16,18). The quantitative estimate of drug-likeness (QED) is 0.924. The van der Waals surface area contributed by atoms with Crippen LogP contribution in [-0.2, 0) is 9.59 Å². The van der Waals surface area contributed by atoms with Crippen LogP contribution in [0.1, 0.15) is 26.7 Å². The van der Waals surface area contributed by atoms with Crippen LogP contribution < -0.4 is 10.2 Å². The first-order chi connectivity index (χ1) is 9.08. The molecule has 1 fully saturated rings. The van der Waals surface area contributed by atoms with Gasteiger partial charge in [-0.25, -0.2) is 0 Å². The lowest BCUT2D eigenvalue weighted by Crippen LogP contribution is -2.63. The molecule has 2 amide bonds. The molecule has 0 bridgehead atoms. The van der Waals surface area contributed by atoms with E-state index in [1.807, 2.05) is 13.8 Å². The van der Waals surface area contributed by atoms with Gasteiger partial charge in [-0.05, 0) is 37.1 Å². The van der Waals surface area contributed by atoms with Gasteiger partial charge >= 0.3 is 0 Å². The highest BCUT2D eigenvalue weighted by Crippen LogP contribution is 2.25. The number of amides is 2. The van der Waals surface area contributed by atoms with Crippen LogP contribution in [0.5, 0.6) is 0 Å². The first-order valence-electron chi connectivity index (χ1n) is 6.47. The van der Waals surface area contributed by atoms with Crippen LogP contribution in [0.15, 0.2) is 24.3 Å². The van der Waals surface area contributed by atoms with Gasteiger partial charge in [-0.1, -0.05) is 25.4 Å². The smallest absolute Gasteiger partial charge is 0.250 e. The third-order valence-corrected chi connectivity index (χ3v) is 3.62. The number of hydrogen-bond donors (Lipinski definition) is 1. The summed E-state index contributed by atoms with van der Waals surface area (Å²) in [4.78, 5) is 26.1. The number of benzene rings is 1. The van der Waals surface area contributed by atoms with E-state index in [1.54, 1.807) is 29.2 Å². The molecule has 0 radical (unpaired) electrons. The Bertz CT molecular complexity index is 487. The zero-order chi connectivity index (χ0) is 14.0. The van der Waals surface area contributed by atoms with E-state index >= 15 is 0 Å². The van der Waals surface area contributed by atoms with Crippen LogP contribution in [-0.4, -0.2) is 23.9 Å². The molecule has 1 aliphatic heterocycles. The van der Waals surface area contributed by atoms with Gasteiger partial charge in [-0.3, -0.25) is 14.5 Å². The summed E-state index contributed by atoms with van der Waals surface area (Å²) < 4.78 is 0. The summed E-state index contributed by atoms with van der Waals surface area (Å²) in [5, 5.41) is 3.38. The van der Waals surface area contributed by atoms with Crippen LogP contribution in [0.3, 0.4) is 0 Å². The fraction of sp³-hybridized carbons (Fsp3) is 0.429. The third-order valence-electron chi connectivity index (χ3n) is 3.37. The SMILES string of the molecule is CCC1NC(=O)C(CC)N(c2ccc(Cl)cc2)C1=O. The lowest BCUT2D eigenvalue weighted by atomic mass is 10.0. The molecule has 1 aliphatic rings. The molecule has 2 unspecified atom stereocenters. The number of nitrogens with one attached hydrogen (secondary N) is 1. The molecule has 2 atom stereocenters. The van der Waals surface area contributed by atoms with Crippen molar-refractivity contribution in [2.45, 2.75) is 38.8 Å². The number of hydrogen-bond acceptors (Lipinski definition) is 2. The van der Waals surface area contributed by atoms with Gasteiger partial charge < -0.3 is 5.32 Å². The van der Waals surface area contributed by atoms with Gasteiger partial charge in [0.1, 0.15) is 12.1 Å². The number of carbonyl (C=O) groups excluding carboxylic acids is 2. The average Bonchev–Trinajstić information content (AvgIpc) is 2.41. The van der Waals surface area contributed by atoms with Crippen LogP contribution >= 0.6 is 11.6 Å². The third kappa shape index (κ3) is 2.59. The number of rotatable bonds is 3. The number of nitrogens with zero attached hydrogens (tertiary/aromatic N) is 1. The molecule has 1 saturated heterocycles. The van der Waals surface area contributed by atoms with Gasteiger partial charge in [0.15, 0.2) is 0 Å². The van der Waals surface area contributed by atoms with Gasteiger partial charge in [-0.15, -0.1) is 0 Å². The Kier molecular flexibility index (Phi) is 4.10. The maximum atomic E-state index is 12.4. The van der Waals surface area contributed by atoms with E-state index in [2.05, 4.69) is 5.32 Å². The lowest BCUT2D eigenvalue weighted by molar-refractivity contribution is -0.134. The van der Waals surface area contributed by atoms with E-state index in [9.17, 15) is 9.59 Å². The van der Waals surface area contributed by atoms with Crippen molar-refractivity contribution in [3.8, 4) is 0 Å². The largest absolute Gasteiger partial charge is 0.342 e. The first kappa shape index (κ1) is 13.9. The van der Waals surface area contributed by atoms with E-state index < -0.39 is 12.1 Å². The van der Waals surface area contributed by atoms with Crippen molar-refractivity contribution >= 4 is 29.1 Å². The van der Waals surface area contributed by atoms with Crippen molar-refractivity contribution in [3.05, 3.63) is 29.3 Å². The number of carbonyl (C=O) groups is 2. The monoisotopic (exact) mass is 280 g/mol. The van der Waals surface area contributed by atoms with E-state index in [1.165, 1.54) is 0 Å². The molecule has 0 aliphatic carbocycles. The summed E-state index contributed by atoms with van der Waals surface area (Å²) in [6.45, 7) is 3.78. The average molecular weight is 281 g/mol. The topological polar surface area (TPSA) is 49.4 Å². The minimum Gasteiger partial charge on any atom is -0.342 e. The second-order valence-electron chi connectivity index (χ2n) is 4.58. The molecular weight excluding hydrogens is 264 g/mol. The second-order valence-corrected chi connectivity index (χ2v) is 5.01. The predicted molar refractivity (Wildman–Crippen MR) is 75.2 cm³/mol. The zero-order valence-corrected chi connectivity index (χ0v) is 11.8. The van der Waals surface area contributed by atoms with Crippen molar-refractivity contribution < 1.29 is 9.59 Å². The highest BCUT2D eigenvalue weighted by molar-refractivity contribution is 6.30. The van der Waals surface area contributed by atoms with Crippen molar-refractivity contribution in [1.29, 1.82) is 0 Å². The highest BCUT2D eigenvalue weighted by atomic mass is 35.5. The predicted octanol–water partition coefficient (Wildman–Crippen LogP) is 2.36. The Morgan fingerprint density at radius 1 is 1.16 bits per heavy atom. The van der Waals surface area contributed by atoms with Crippen LogP contribution in [0.4, 0.5) is 5.69 Å². The molecule has 4 nitrogen and oxygen atoms in total. The minimum atomic E-state index is -0.448. The normalized spacial score (nSPS) is 23.4. The summed E-state index contributed by atoms with van der Waals surface area (Å²) in [6.07, 6.45) is 1.17. The lowest BCUT2D eigenvalue weighted by Gasteiger charge is -2.38. The molecule has 5 heteroatoms. The fourth-order valence-corrected chi connectivity index (χ4v) is 2.45. The summed E-state index contributed by atoms with van der Waals surface area (Å²) >= 11 is 5.86. The fourth-order valence-electron chi connectivity index (χ4n) is 2.32. The number of piperazine rings is 1. The van der Waals surface area contributed by atoms with E-state index in [4.69, 9.17) is 11.6 Å². The zero-order valence-electron chi connectivity index (χ0n) is 11.0. The molecule has 102 valence electrons. The van der Waals surface area contributed by atoms with Gasteiger partial charge in [-0.2, -0.15) is 0 Å². The Balaban J connectivity index is 2.39. The van der Waals surface area contributed by atoms with Crippen LogP contribution in [0.2, 0.25) is 5.02 Å². The molecule has 1 aromatic rings. The first-order valence-corrected chi connectivity index (χ1v) is 6.85. The Labute approximate surface area is 117 Å². The molecule has 1 heterocycles. The summed E-state index contributed by atoms with van der Waals surface area (Å²) in [7, 11) is 0. The van der Waals surface area contributed by atoms with Crippen molar-refractivity contribution in [2.75, 3.05) is 4.90 Å². The van der Waals surface area contributed by atoms with Gasteiger partial charge in [0.05, 0.1) is 0 Å². The van der Waals surface area contributed by atoms with Crippen LogP contribution in [0.25, 0.3) is 0 Å². The van der Waals surface area contributed by atoms with E-state index in [0.29, 0.717) is 17.9 Å². The minimum absolute atomic E-state index is 0.0590. The maximum Gasteiger partial charge on any atom is 0.250 e. The molecule has 0 spiro atoms. The van der Waals surface area contributed by atoms with Crippen molar-refractivity contribution in [3.63, 3.8) is 0 Å². The Morgan fingerprint density at radius 3 is 2.32 bits per heavy atom. The van der Waals surface area contributed by atoms with E-state index in [-0.39, 0.29) is 11.8 Å². The van der Waals surface area contributed by atoms with Gasteiger partial charge in [0.25, 0.3) is 0 Å². The second kappa shape index (κ2) is 5.61. The molecule has 1 N–H and O–H groups in total. The highest BCUT2D eigenvalue weighted by Gasteiger charge is 2.39. The van der Waals surface area contributed by atoms with Gasteiger partial charge in [0, 0.05) is 10.7 Å². The molecule has 2 rings (SSSR count). The molecule has 0 aromatic heterocycles. The van der Waals surface area contributed by atoms with Crippen molar-refractivity contribution in [1.82, 2.24) is 5.32 Å². The summed E-state index contributed by atoms with van der Waals surface area (Å²) in [5.74, 6) is -0.153. The molecule has 1 aromatic carbocycles. The molecule has 19 heavy (non-hydrogen) atoms. The Morgan fingerprint density at radius 2 is 1.79 bits per heavy atom. The van der Waals surface area contributed by atoms with Crippen molar-refractivity contribution in [2.24, 2.45) is 0 Å². The molecular formula is C14H17ClN2O2. The summed E-state index contributed by atoms with van der Waals surface area (Å²) in [5.41, 5.74) is 0.717. The molecule has 0 saturated carbocycles. The Hall–Kier alpha value is -1.55. The van der Waals surface area contributed by atoms with Crippen LogP contribution in [0, 0.1) is 0 Å². The number of halogens is 1. The summed E-state index contributed by atoms with van der Waals surface area (Å²) in [6, 6.07) is 6.11. The van der Waals surface area contributed by atoms with E-state index in [0.717, 1.165) is 5.69 Å². The van der Waals surface area contributed by atoms with Gasteiger partial charge in [0.2, 0.25) is 11.8 Å².